The molecular weight excluding hydrogens is 246 g/mol. The van der Waals surface area contributed by atoms with E-state index in [4.69, 9.17) is 5.11 Å². The number of hydrogen-bond donors (Lipinski definition) is 2. The summed E-state index contributed by atoms with van der Waals surface area (Å²) in [6, 6.07) is 3.51. The van der Waals surface area contributed by atoms with Gasteiger partial charge in [-0.1, -0.05) is 0 Å². The molecule has 6 nitrogen and oxygen atoms in total. The first-order valence-corrected chi connectivity index (χ1v) is 6.01. The van der Waals surface area contributed by atoms with Gasteiger partial charge in [0, 0.05) is 17.0 Å². The van der Waals surface area contributed by atoms with Crippen molar-refractivity contribution < 1.29 is 14.6 Å². The summed E-state index contributed by atoms with van der Waals surface area (Å²) in [7, 11) is 1.35. The van der Waals surface area contributed by atoms with E-state index in [2.05, 4.69) is 14.8 Å². The number of carbonyl (C=O) groups excluding carboxylic acids is 1. The lowest BCUT2D eigenvalue weighted by Gasteiger charge is -2.02. The molecule has 2 aromatic heterocycles. The average Bonchev–Trinajstić information content (AvgIpc) is 2.95. The minimum Gasteiger partial charge on any atom is -0.464 e. The van der Waals surface area contributed by atoms with Crippen LogP contribution >= 0.6 is 0 Å². The van der Waals surface area contributed by atoms with Crippen LogP contribution in [0.1, 0.15) is 21.9 Å². The third kappa shape index (κ3) is 2.39. The summed E-state index contributed by atoms with van der Waals surface area (Å²) in [6.07, 6.45) is 0. The average molecular weight is 263 g/mol. The normalized spacial score (nSPS) is 10.7. The first-order valence-electron chi connectivity index (χ1n) is 6.01. The molecule has 6 heteroatoms. The Morgan fingerprint density at radius 2 is 2.21 bits per heavy atom. The number of aromatic nitrogens is 3. The van der Waals surface area contributed by atoms with Crippen LogP contribution in [0, 0.1) is 13.8 Å². The molecule has 0 aliphatic heterocycles. The Hall–Kier alpha value is -2.08. The summed E-state index contributed by atoms with van der Waals surface area (Å²) in [6.45, 7) is 4.33. The van der Waals surface area contributed by atoms with E-state index >= 15 is 0 Å². The number of nitrogens with one attached hydrogen (secondary N) is 1. The molecule has 19 heavy (non-hydrogen) atoms. The molecule has 0 aliphatic carbocycles. The molecule has 0 spiro atoms. The molecule has 2 N–H and O–H groups in total. The molecule has 2 rings (SSSR count). The molecule has 0 atom stereocenters. The van der Waals surface area contributed by atoms with Gasteiger partial charge in [0.2, 0.25) is 0 Å². The smallest absolute Gasteiger partial charge is 0.354 e. The maximum absolute atomic E-state index is 11.4. The predicted octanol–water partition coefficient (Wildman–Crippen LogP) is 1.27. The van der Waals surface area contributed by atoms with Crippen LogP contribution in [-0.2, 0) is 11.3 Å². The van der Waals surface area contributed by atoms with Crippen molar-refractivity contribution >= 4 is 5.97 Å². The minimum atomic E-state index is -0.399. The summed E-state index contributed by atoms with van der Waals surface area (Å²) in [5, 5.41) is 13.4. The van der Waals surface area contributed by atoms with Crippen molar-refractivity contribution in [2.75, 3.05) is 13.7 Å². The second kappa shape index (κ2) is 5.27. The number of hydrogen-bond acceptors (Lipinski definition) is 4. The number of H-pyrrole nitrogens is 1. The number of aryl methyl sites for hydroxylation is 1. The van der Waals surface area contributed by atoms with Crippen LogP contribution in [0.5, 0.6) is 0 Å². The summed E-state index contributed by atoms with van der Waals surface area (Å²) in [5.41, 5.74) is 3.98. The van der Waals surface area contributed by atoms with Gasteiger partial charge in [-0.05, 0) is 26.0 Å². The Balaban J connectivity index is 2.41. The molecule has 0 bridgehead atoms. The highest BCUT2D eigenvalue weighted by Crippen LogP contribution is 2.26. The molecule has 2 aromatic rings. The third-order valence-electron chi connectivity index (χ3n) is 3.05. The summed E-state index contributed by atoms with van der Waals surface area (Å²) >= 11 is 0. The van der Waals surface area contributed by atoms with E-state index in [0.29, 0.717) is 12.2 Å². The monoisotopic (exact) mass is 263 g/mol. The fraction of sp³-hybridized carbons (Fsp3) is 0.385. The van der Waals surface area contributed by atoms with Gasteiger partial charge in [0.15, 0.2) is 0 Å². The Morgan fingerprint density at radius 3 is 2.84 bits per heavy atom. The fourth-order valence-electron chi connectivity index (χ4n) is 2.17. The van der Waals surface area contributed by atoms with Crippen LogP contribution in [0.2, 0.25) is 0 Å². The molecule has 0 aliphatic rings. The molecule has 0 fully saturated rings. The third-order valence-corrected chi connectivity index (χ3v) is 3.05. The highest BCUT2D eigenvalue weighted by Gasteiger charge is 2.16. The van der Waals surface area contributed by atoms with Gasteiger partial charge in [-0.3, -0.25) is 4.68 Å². The van der Waals surface area contributed by atoms with Gasteiger partial charge >= 0.3 is 5.97 Å². The molecule has 0 saturated carbocycles. The van der Waals surface area contributed by atoms with Crippen LogP contribution in [0.15, 0.2) is 12.1 Å². The van der Waals surface area contributed by atoms with Crippen molar-refractivity contribution in [2.24, 2.45) is 0 Å². The largest absolute Gasteiger partial charge is 0.464 e. The lowest BCUT2D eigenvalue weighted by molar-refractivity contribution is 0.0595. The molecule has 102 valence electrons. The van der Waals surface area contributed by atoms with E-state index in [1.807, 2.05) is 19.9 Å². The van der Waals surface area contributed by atoms with Gasteiger partial charge in [0.25, 0.3) is 0 Å². The Morgan fingerprint density at radius 1 is 1.47 bits per heavy atom. The van der Waals surface area contributed by atoms with Crippen molar-refractivity contribution in [3.63, 3.8) is 0 Å². The van der Waals surface area contributed by atoms with Crippen molar-refractivity contribution in [3.05, 3.63) is 29.2 Å². The molecule has 0 aromatic carbocycles. The predicted molar refractivity (Wildman–Crippen MR) is 69.9 cm³/mol. The van der Waals surface area contributed by atoms with Crippen LogP contribution in [-0.4, -0.2) is 39.6 Å². The summed E-state index contributed by atoms with van der Waals surface area (Å²) < 4.78 is 6.42. The van der Waals surface area contributed by atoms with E-state index in [-0.39, 0.29) is 6.61 Å². The summed E-state index contributed by atoms with van der Waals surface area (Å²) in [4.78, 5) is 14.5. The number of methoxy groups -OCH3 is 1. The first kappa shape index (κ1) is 13.4. The molecule has 0 saturated heterocycles. The second-order valence-electron chi connectivity index (χ2n) is 4.27. The lowest BCUT2D eigenvalue weighted by atomic mass is 10.1. The van der Waals surface area contributed by atoms with E-state index in [9.17, 15) is 4.79 Å². The van der Waals surface area contributed by atoms with Crippen LogP contribution in [0.4, 0.5) is 0 Å². The Kier molecular flexibility index (Phi) is 3.71. The van der Waals surface area contributed by atoms with Gasteiger partial charge in [-0.15, -0.1) is 0 Å². The molecule has 0 radical (unpaired) electrons. The SMILES string of the molecule is COC(=O)c1ccc(-c2c(C)nn(CCO)c2C)[nH]1. The number of rotatable bonds is 4. The summed E-state index contributed by atoms with van der Waals surface area (Å²) in [5.74, 6) is -0.399. The van der Waals surface area contributed by atoms with Crippen LogP contribution in [0.3, 0.4) is 0 Å². The van der Waals surface area contributed by atoms with E-state index in [1.165, 1.54) is 7.11 Å². The van der Waals surface area contributed by atoms with Crippen molar-refractivity contribution in [1.29, 1.82) is 0 Å². The van der Waals surface area contributed by atoms with Crippen molar-refractivity contribution in [1.82, 2.24) is 14.8 Å². The highest BCUT2D eigenvalue weighted by molar-refractivity contribution is 5.88. The van der Waals surface area contributed by atoms with Gasteiger partial charge in [-0.25, -0.2) is 4.79 Å². The molecule has 0 unspecified atom stereocenters. The van der Waals surface area contributed by atoms with Gasteiger partial charge < -0.3 is 14.8 Å². The number of carbonyl (C=O) groups is 1. The molecular formula is C13H17N3O3. The lowest BCUT2D eigenvalue weighted by Crippen LogP contribution is -2.05. The maximum Gasteiger partial charge on any atom is 0.354 e. The zero-order valence-corrected chi connectivity index (χ0v) is 11.2. The number of aliphatic hydroxyl groups excluding tert-OH is 1. The highest BCUT2D eigenvalue weighted by atomic mass is 16.5. The number of aromatic amines is 1. The second-order valence-corrected chi connectivity index (χ2v) is 4.27. The van der Waals surface area contributed by atoms with Gasteiger partial charge in [0.1, 0.15) is 5.69 Å². The van der Waals surface area contributed by atoms with E-state index in [0.717, 1.165) is 22.6 Å². The molecule has 0 amide bonds. The minimum absolute atomic E-state index is 0.0412. The zero-order valence-electron chi connectivity index (χ0n) is 11.2. The van der Waals surface area contributed by atoms with E-state index < -0.39 is 5.97 Å². The maximum atomic E-state index is 11.4. The molecule has 2 heterocycles. The quantitative estimate of drug-likeness (QED) is 0.814. The van der Waals surface area contributed by atoms with Crippen molar-refractivity contribution in [3.8, 4) is 11.3 Å². The van der Waals surface area contributed by atoms with Gasteiger partial charge in [0.05, 0.1) is 26.0 Å². The number of esters is 1. The number of ether oxygens (including phenoxy) is 1. The van der Waals surface area contributed by atoms with Crippen LogP contribution in [0.25, 0.3) is 11.3 Å². The topological polar surface area (TPSA) is 80.1 Å². The number of aliphatic hydroxyl groups is 1. The van der Waals surface area contributed by atoms with Crippen LogP contribution < -0.4 is 0 Å². The first-order chi connectivity index (χ1) is 9.08. The fourth-order valence-corrected chi connectivity index (χ4v) is 2.17. The Labute approximate surface area is 111 Å². The standard InChI is InChI=1S/C13H17N3O3/c1-8-12(9(2)16(15-8)6-7-17)10-4-5-11(14-10)13(18)19-3/h4-5,14,17H,6-7H2,1-3H3. The van der Waals surface area contributed by atoms with Crippen molar-refractivity contribution in [2.45, 2.75) is 20.4 Å². The zero-order chi connectivity index (χ0) is 14.0. The van der Waals surface area contributed by atoms with Gasteiger partial charge in [-0.2, -0.15) is 5.10 Å². The van der Waals surface area contributed by atoms with E-state index in [1.54, 1.807) is 10.7 Å². The Bertz CT molecular complexity index is 598. The number of nitrogens with zero attached hydrogens (tertiary/aromatic N) is 2.